The molecule has 1 fully saturated rings. The van der Waals surface area contributed by atoms with Crippen molar-refractivity contribution in [1.29, 1.82) is 0 Å². The van der Waals surface area contributed by atoms with Gasteiger partial charge in [0.15, 0.2) is 0 Å². The predicted octanol–water partition coefficient (Wildman–Crippen LogP) is 6.37. The van der Waals surface area contributed by atoms with Crippen LogP contribution in [0.2, 0.25) is 0 Å². The highest BCUT2D eigenvalue weighted by Gasteiger charge is 2.51. The van der Waals surface area contributed by atoms with Gasteiger partial charge in [-0.1, -0.05) is 43.2 Å². The van der Waals surface area contributed by atoms with Gasteiger partial charge in [-0.05, 0) is 65.9 Å². The van der Waals surface area contributed by atoms with Crippen LogP contribution in [0.3, 0.4) is 0 Å². The molecule has 0 radical (unpaired) electrons. The molecule has 38 heavy (non-hydrogen) atoms. The Morgan fingerprint density at radius 2 is 1.53 bits per heavy atom. The van der Waals surface area contributed by atoms with E-state index in [-0.39, 0.29) is 18.1 Å². The fourth-order valence-corrected chi connectivity index (χ4v) is 5.20. The number of carbonyl (C=O) groups is 3. The summed E-state index contributed by atoms with van der Waals surface area (Å²) < 4.78 is 38.7. The number of amides is 3. The molecule has 0 saturated heterocycles. The van der Waals surface area contributed by atoms with Gasteiger partial charge in [0, 0.05) is 23.5 Å². The number of fused-ring (bicyclic) bond motifs is 1. The molecule has 1 heterocycles. The molecule has 1 aliphatic heterocycles. The van der Waals surface area contributed by atoms with Crippen LogP contribution in [0.4, 0.5) is 29.3 Å². The number of halogens is 3. The molecule has 7 nitrogen and oxygen atoms in total. The molecule has 3 N–H and O–H groups in total. The number of benzene rings is 3. The average molecular weight is 524 g/mol. The Morgan fingerprint density at radius 3 is 2.18 bits per heavy atom. The number of carboxylic acid groups (broad SMARTS) is 1. The van der Waals surface area contributed by atoms with E-state index in [1.807, 2.05) is 12.1 Å². The first-order valence-corrected chi connectivity index (χ1v) is 12.1. The third-order valence-corrected chi connectivity index (χ3v) is 7.18. The fraction of sp³-hybridized carbons (Fsp3) is 0.250. The van der Waals surface area contributed by atoms with Crippen molar-refractivity contribution >= 4 is 29.3 Å². The predicted molar refractivity (Wildman–Crippen MR) is 135 cm³/mol. The van der Waals surface area contributed by atoms with Gasteiger partial charge in [0.25, 0.3) is 5.91 Å². The van der Waals surface area contributed by atoms with Gasteiger partial charge in [0.2, 0.25) is 0 Å². The fourth-order valence-electron chi connectivity index (χ4n) is 5.20. The third kappa shape index (κ3) is 4.69. The van der Waals surface area contributed by atoms with Crippen LogP contribution < -0.4 is 10.6 Å². The number of carbonyl (C=O) groups excluding carboxylic acids is 2. The third-order valence-electron chi connectivity index (χ3n) is 7.18. The largest absolute Gasteiger partial charge is 0.479 e. The van der Waals surface area contributed by atoms with Crippen molar-refractivity contribution in [3.8, 4) is 11.1 Å². The van der Waals surface area contributed by atoms with Crippen LogP contribution in [0.5, 0.6) is 0 Å². The second kappa shape index (κ2) is 9.51. The summed E-state index contributed by atoms with van der Waals surface area (Å²) in [6, 6.07) is 15.9. The molecular weight excluding hydrogens is 499 g/mol. The maximum atomic E-state index is 13.2. The first kappa shape index (κ1) is 25.3. The van der Waals surface area contributed by atoms with Crippen molar-refractivity contribution < 1.29 is 32.7 Å². The number of urea groups is 1. The lowest BCUT2D eigenvalue weighted by Crippen LogP contribution is -2.52. The second-order valence-corrected chi connectivity index (χ2v) is 9.54. The highest BCUT2D eigenvalue weighted by atomic mass is 19.4. The lowest BCUT2D eigenvalue weighted by atomic mass is 9.95. The molecular formula is C28H24F3N3O4. The van der Waals surface area contributed by atoms with E-state index in [0.29, 0.717) is 24.1 Å². The number of carboxylic acids is 1. The van der Waals surface area contributed by atoms with Crippen molar-refractivity contribution in [2.75, 3.05) is 10.6 Å². The molecule has 2 aliphatic rings. The van der Waals surface area contributed by atoms with Gasteiger partial charge in [0.1, 0.15) is 5.54 Å². The summed E-state index contributed by atoms with van der Waals surface area (Å²) in [6.07, 6.45) is -2.07. The molecule has 0 aromatic heterocycles. The van der Waals surface area contributed by atoms with Crippen molar-refractivity contribution in [3.05, 3.63) is 83.4 Å². The molecule has 0 atom stereocenters. The monoisotopic (exact) mass is 523 g/mol. The van der Waals surface area contributed by atoms with E-state index >= 15 is 0 Å². The first-order valence-electron chi connectivity index (χ1n) is 12.1. The zero-order valence-electron chi connectivity index (χ0n) is 20.1. The topological polar surface area (TPSA) is 98.7 Å². The number of aliphatic carboxylic acids is 1. The molecule has 0 unspecified atom stereocenters. The summed E-state index contributed by atoms with van der Waals surface area (Å²) in [4.78, 5) is 39.1. The Morgan fingerprint density at radius 1 is 0.868 bits per heavy atom. The van der Waals surface area contributed by atoms with Gasteiger partial charge in [-0.15, -0.1) is 0 Å². The lowest BCUT2D eigenvalue weighted by Gasteiger charge is -2.34. The molecule has 5 rings (SSSR count). The molecule has 1 saturated carbocycles. The van der Waals surface area contributed by atoms with Crippen molar-refractivity contribution in [3.63, 3.8) is 0 Å². The van der Waals surface area contributed by atoms with Crippen LogP contribution in [0.15, 0.2) is 66.7 Å². The van der Waals surface area contributed by atoms with E-state index < -0.39 is 29.3 Å². The number of hydrogen-bond acceptors (Lipinski definition) is 3. The number of nitrogens with one attached hydrogen (secondary N) is 2. The lowest BCUT2D eigenvalue weighted by molar-refractivity contribution is -0.149. The van der Waals surface area contributed by atoms with Crippen LogP contribution in [0, 0.1) is 0 Å². The summed E-state index contributed by atoms with van der Waals surface area (Å²) in [7, 11) is 0. The van der Waals surface area contributed by atoms with Crippen LogP contribution in [0.1, 0.15) is 47.2 Å². The number of rotatable bonds is 5. The summed E-state index contributed by atoms with van der Waals surface area (Å²) in [6.45, 7) is 0.268. The zero-order chi connectivity index (χ0) is 27.1. The Balaban J connectivity index is 1.28. The molecule has 1 aliphatic carbocycles. The van der Waals surface area contributed by atoms with Gasteiger partial charge < -0.3 is 20.6 Å². The van der Waals surface area contributed by atoms with E-state index in [0.717, 1.165) is 41.7 Å². The highest BCUT2D eigenvalue weighted by molar-refractivity contribution is 6.03. The Bertz CT molecular complexity index is 1410. The van der Waals surface area contributed by atoms with Crippen molar-refractivity contribution in [2.24, 2.45) is 0 Å². The van der Waals surface area contributed by atoms with Gasteiger partial charge in [0.05, 0.1) is 5.56 Å². The average Bonchev–Trinajstić information content (AvgIpc) is 3.50. The Kier molecular flexibility index (Phi) is 6.34. The minimum Gasteiger partial charge on any atom is -0.479 e. The SMILES string of the molecule is O=C(Nc1ccc(-c2ccc3c(c2)C(=O)N(C2(C(=O)O)CCCC2)C3)cc1)Nc1cccc(C(F)(F)F)c1. The number of alkyl halides is 3. The van der Waals surface area contributed by atoms with Crippen molar-refractivity contribution in [1.82, 2.24) is 4.90 Å². The van der Waals surface area contributed by atoms with E-state index in [4.69, 9.17) is 0 Å². The quantitative estimate of drug-likeness (QED) is 0.362. The van der Waals surface area contributed by atoms with E-state index in [1.165, 1.54) is 17.0 Å². The Hall–Kier alpha value is -4.34. The van der Waals surface area contributed by atoms with E-state index in [2.05, 4.69) is 10.6 Å². The van der Waals surface area contributed by atoms with Crippen LogP contribution >= 0.6 is 0 Å². The molecule has 0 bridgehead atoms. The smallest absolute Gasteiger partial charge is 0.416 e. The van der Waals surface area contributed by atoms with Gasteiger partial charge in [-0.25, -0.2) is 9.59 Å². The van der Waals surface area contributed by atoms with Gasteiger partial charge in [-0.2, -0.15) is 13.2 Å². The first-order chi connectivity index (χ1) is 18.1. The minimum atomic E-state index is -4.52. The zero-order valence-corrected chi connectivity index (χ0v) is 20.1. The van der Waals surface area contributed by atoms with Crippen LogP contribution in [-0.4, -0.2) is 33.5 Å². The summed E-state index contributed by atoms with van der Waals surface area (Å²) in [5.41, 5.74) is 1.22. The van der Waals surface area contributed by atoms with Gasteiger partial charge in [-0.3, -0.25) is 4.79 Å². The molecule has 0 spiro atoms. The minimum absolute atomic E-state index is 0.00748. The van der Waals surface area contributed by atoms with Crippen LogP contribution in [0.25, 0.3) is 11.1 Å². The summed E-state index contributed by atoms with van der Waals surface area (Å²) in [5.74, 6) is -1.24. The standard InChI is InChI=1S/C28H24F3N3O4/c29-28(30,31)20-4-3-5-22(15-20)33-26(38)32-21-10-8-17(9-11-21)18-6-7-19-16-34(24(35)23(19)14-18)27(25(36)37)12-1-2-13-27/h3-11,14-15H,1-2,12-13,16H2,(H,36,37)(H2,32,33,38). The van der Waals surface area contributed by atoms with E-state index in [9.17, 15) is 32.7 Å². The highest BCUT2D eigenvalue weighted by Crippen LogP contribution is 2.41. The number of anilines is 2. The second-order valence-electron chi connectivity index (χ2n) is 9.54. The van der Waals surface area contributed by atoms with Gasteiger partial charge >= 0.3 is 18.2 Å². The van der Waals surface area contributed by atoms with Crippen LogP contribution in [-0.2, 0) is 17.5 Å². The summed E-state index contributed by atoms with van der Waals surface area (Å²) >= 11 is 0. The number of nitrogens with zero attached hydrogens (tertiary/aromatic N) is 1. The molecule has 3 aromatic carbocycles. The molecule has 10 heteroatoms. The van der Waals surface area contributed by atoms with Crippen molar-refractivity contribution in [2.45, 2.75) is 43.9 Å². The molecule has 196 valence electrons. The van der Waals surface area contributed by atoms with E-state index in [1.54, 1.807) is 30.3 Å². The maximum Gasteiger partial charge on any atom is 0.416 e. The Labute approximate surface area is 216 Å². The number of hydrogen-bond donors (Lipinski definition) is 3. The normalized spacial score (nSPS) is 16.3. The summed E-state index contributed by atoms with van der Waals surface area (Å²) in [5, 5.41) is 14.9. The maximum absolute atomic E-state index is 13.2. The molecule has 3 aromatic rings. The molecule has 3 amide bonds.